The summed E-state index contributed by atoms with van der Waals surface area (Å²) < 4.78 is 0. The fraction of sp³-hybridized carbons (Fsp3) is 0.118. The van der Waals surface area contributed by atoms with E-state index < -0.39 is 29.4 Å². The fourth-order valence-corrected chi connectivity index (χ4v) is 3.05. The second-order valence-electron chi connectivity index (χ2n) is 5.19. The van der Waals surface area contributed by atoms with Crippen molar-refractivity contribution >= 4 is 29.1 Å². The van der Waals surface area contributed by atoms with E-state index in [4.69, 9.17) is 11.6 Å². The highest BCUT2D eigenvalue weighted by molar-refractivity contribution is 6.34. The van der Waals surface area contributed by atoms with E-state index in [0.717, 1.165) is 0 Å². The van der Waals surface area contributed by atoms with Gasteiger partial charge in [0.25, 0.3) is 0 Å². The zero-order chi connectivity index (χ0) is 15.9. The third-order valence-corrected chi connectivity index (χ3v) is 4.20. The number of hydrogen-bond donors (Lipinski definition) is 1. The van der Waals surface area contributed by atoms with E-state index in [1.54, 1.807) is 36.4 Å². The summed E-state index contributed by atoms with van der Waals surface area (Å²) in [6, 6.07) is 12.6. The van der Waals surface area contributed by atoms with Gasteiger partial charge in [-0.2, -0.15) is 0 Å². The van der Waals surface area contributed by atoms with Gasteiger partial charge in [0.15, 0.2) is 11.6 Å². The first-order valence-corrected chi connectivity index (χ1v) is 7.01. The van der Waals surface area contributed by atoms with Gasteiger partial charge in [0.2, 0.25) is 0 Å². The predicted octanol–water partition coefficient (Wildman–Crippen LogP) is 3.13. The van der Waals surface area contributed by atoms with Gasteiger partial charge in [-0.3, -0.25) is 14.4 Å². The lowest BCUT2D eigenvalue weighted by atomic mass is 9.73. The second kappa shape index (κ2) is 5.07. The molecule has 0 aromatic heterocycles. The normalized spacial score (nSPS) is 15.7. The summed E-state index contributed by atoms with van der Waals surface area (Å²) in [5, 5.41) is 9.69. The van der Waals surface area contributed by atoms with Crippen LogP contribution in [0, 0.1) is 0 Å². The number of Topliss-reactive ketones (excluding diaryl/α,β-unsaturated/α-hetero) is 2. The minimum absolute atomic E-state index is 0.267. The Morgan fingerprint density at radius 1 is 0.955 bits per heavy atom. The highest BCUT2D eigenvalue weighted by atomic mass is 35.5. The molecular weight excluding hydrogens is 304 g/mol. The number of hydrogen-bond acceptors (Lipinski definition) is 3. The molecule has 2 aromatic rings. The minimum atomic E-state index is -1.71. The molecule has 0 bridgehead atoms. The van der Waals surface area contributed by atoms with Gasteiger partial charge in [0.05, 0.1) is 6.42 Å². The maximum Gasteiger partial charge on any atom is 0.305 e. The van der Waals surface area contributed by atoms with E-state index >= 15 is 0 Å². The van der Waals surface area contributed by atoms with E-state index in [9.17, 15) is 19.5 Å². The molecule has 0 spiro atoms. The van der Waals surface area contributed by atoms with Crippen molar-refractivity contribution in [2.45, 2.75) is 11.8 Å². The van der Waals surface area contributed by atoms with Crippen LogP contribution in [-0.4, -0.2) is 22.6 Å². The molecular formula is C17H11ClO4. The molecule has 1 aliphatic rings. The number of carboxylic acid groups (broad SMARTS) is 1. The molecule has 3 rings (SSSR count). The minimum Gasteiger partial charge on any atom is -0.481 e. The van der Waals surface area contributed by atoms with Crippen molar-refractivity contribution in [3.63, 3.8) is 0 Å². The lowest BCUT2D eigenvalue weighted by Gasteiger charge is -2.24. The number of fused-ring (bicyclic) bond motifs is 1. The van der Waals surface area contributed by atoms with Crippen molar-refractivity contribution in [1.82, 2.24) is 0 Å². The first-order chi connectivity index (χ1) is 10.5. The van der Waals surface area contributed by atoms with E-state index in [2.05, 4.69) is 0 Å². The van der Waals surface area contributed by atoms with Crippen molar-refractivity contribution < 1.29 is 19.5 Å². The topological polar surface area (TPSA) is 71.4 Å². The largest absolute Gasteiger partial charge is 0.481 e. The van der Waals surface area contributed by atoms with Gasteiger partial charge in [-0.05, 0) is 17.7 Å². The Morgan fingerprint density at radius 2 is 1.45 bits per heavy atom. The summed E-state index contributed by atoms with van der Waals surface area (Å²) in [5.41, 5.74) is -0.821. The number of rotatable bonds is 3. The molecule has 0 radical (unpaired) electrons. The number of carboxylic acids is 1. The Morgan fingerprint density at radius 3 is 1.91 bits per heavy atom. The van der Waals surface area contributed by atoms with Crippen LogP contribution >= 0.6 is 11.6 Å². The molecule has 0 aliphatic heterocycles. The molecule has 0 fully saturated rings. The molecule has 0 saturated carbocycles. The number of ketones is 2. The molecule has 0 amide bonds. The summed E-state index contributed by atoms with van der Waals surface area (Å²) in [5.74, 6) is -2.15. The Balaban J connectivity index is 2.25. The lowest BCUT2D eigenvalue weighted by molar-refractivity contribution is -0.137. The smallest absolute Gasteiger partial charge is 0.305 e. The SMILES string of the molecule is O=C(O)CC1(c2ccc(Cl)cc2)C(=O)c2ccccc2C1=O. The summed E-state index contributed by atoms with van der Waals surface area (Å²) in [7, 11) is 0. The van der Waals surface area contributed by atoms with Gasteiger partial charge in [-0.1, -0.05) is 48.0 Å². The molecule has 110 valence electrons. The predicted molar refractivity (Wildman–Crippen MR) is 80.5 cm³/mol. The van der Waals surface area contributed by atoms with Gasteiger partial charge in [-0.15, -0.1) is 0 Å². The summed E-state index contributed by atoms with van der Waals surface area (Å²) in [6.07, 6.45) is -0.582. The molecule has 0 atom stereocenters. The number of aliphatic carboxylic acids is 1. The van der Waals surface area contributed by atoms with Crippen LogP contribution in [0.1, 0.15) is 32.7 Å². The number of benzene rings is 2. The third kappa shape index (κ3) is 1.96. The van der Waals surface area contributed by atoms with Crippen molar-refractivity contribution in [2.75, 3.05) is 0 Å². The monoisotopic (exact) mass is 314 g/mol. The van der Waals surface area contributed by atoms with Gasteiger partial charge in [-0.25, -0.2) is 0 Å². The number of carbonyl (C=O) groups excluding carboxylic acids is 2. The van der Waals surface area contributed by atoms with Crippen LogP contribution < -0.4 is 0 Å². The zero-order valence-electron chi connectivity index (χ0n) is 11.4. The van der Waals surface area contributed by atoms with E-state index in [1.165, 1.54) is 12.1 Å². The quantitative estimate of drug-likeness (QED) is 0.883. The Kier molecular flexibility index (Phi) is 3.34. The van der Waals surface area contributed by atoms with Crippen LogP contribution in [0.3, 0.4) is 0 Å². The van der Waals surface area contributed by atoms with Crippen molar-refractivity contribution in [2.24, 2.45) is 0 Å². The van der Waals surface area contributed by atoms with Gasteiger partial charge >= 0.3 is 5.97 Å². The average molecular weight is 315 g/mol. The van der Waals surface area contributed by atoms with Gasteiger partial charge < -0.3 is 5.11 Å². The van der Waals surface area contributed by atoms with Crippen molar-refractivity contribution in [3.05, 3.63) is 70.2 Å². The number of carbonyl (C=O) groups is 3. The highest BCUT2D eigenvalue weighted by Gasteiger charge is 2.55. The Labute approximate surface area is 131 Å². The maximum absolute atomic E-state index is 12.8. The summed E-state index contributed by atoms with van der Waals surface area (Å²) in [4.78, 5) is 37.0. The second-order valence-corrected chi connectivity index (χ2v) is 5.62. The molecule has 1 aliphatic carbocycles. The molecule has 0 unspecified atom stereocenters. The van der Waals surface area contributed by atoms with E-state index in [1.807, 2.05) is 0 Å². The van der Waals surface area contributed by atoms with Gasteiger partial charge in [0.1, 0.15) is 5.41 Å². The van der Waals surface area contributed by atoms with Crippen molar-refractivity contribution in [3.8, 4) is 0 Å². The molecule has 22 heavy (non-hydrogen) atoms. The Hall–Kier alpha value is -2.46. The third-order valence-electron chi connectivity index (χ3n) is 3.94. The lowest BCUT2D eigenvalue weighted by Crippen LogP contribution is -2.40. The zero-order valence-corrected chi connectivity index (χ0v) is 12.1. The van der Waals surface area contributed by atoms with Crippen LogP contribution in [0.2, 0.25) is 5.02 Å². The molecule has 5 heteroatoms. The maximum atomic E-state index is 12.8. The molecule has 2 aromatic carbocycles. The van der Waals surface area contributed by atoms with E-state index in [0.29, 0.717) is 10.6 Å². The van der Waals surface area contributed by atoms with Crippen LogP contribution in [0.25, 0.3) is 0 Å². The molecule has 0 heterocycles. The van der Waals surface area contributed by atoms with Crippen LogP contribution in [0.5, 0.6) is 0 Å². The van der Waals surface area contributed by atoms with Crippen molar-refractivity contribution in [1.29, 1.82) is 0 Å². The first-order valence-electron chi connectivity index (χ1n) is 6.63. The molecule has 1 N–H and O–H groups in total. The fourth-order valence-electron chi connectivity index (χ4n) is 2.93. The van der Waals surface area contributed by atoms with Crippen LogP contribution in [0.15, 0.2) is 48.5 Å². The van der Waals surface area contributed by atoms with Crippen LogP contribution in [0.4, 0.5) is 0 Å². The summed E-state index contributed by atoms with van der Waals surface area (Å²) in [6.45, 7) is 0. The summed E-state index contributed by atoms with van der Waals surface area (Å²) >= 11 is 5.85. The number of halogens is 1. The average Bonchev–Trinajstić information content (AvgIpc) is 2.71. The molecule has 0 saturated heterocycles. The van der Waals surface area contributed by atoms with Crippen LogP contribution in [-0.2, 0) is 10.2 Å². The van der Waals surface area contributed by atoms with Gasteiger partial charge in [0, 0.05) is 16.1 Å². The standard InChI is InChI=1S/C17H11ClO4/c18-11-7-5-10(6-8-11)17(9-14(19)20)15(21)12-3-1-2-4-13(12)16(17)22/h1-8H,9H2,(H,19,20). The first kappa shape index (κ1) is 14.5. The Bertz CT molecular complexity index is 758. The molecule has 4 nitrogen and oxygen atoms in total. The van der Waals surface area contributed by atoms with E-state index in [-0.39, 0.29) is 11.1 Å². The highest BCUT2D eigenvalue weighted by Crippen LogP contribution is 2.42.